The first-order valence-electron chi connectivity index (χ1n) is 8.53. The smallest absolute Gasteiger partial charge is 0.263 e. The van der Waals surface area contributed by atoms with E-state index >= 15 is 0 Å². The van der Waals surface area contributed by atoms with Crippen molar-refractivity contribution in [2.24, 2.45) is 0 Å². The number of aromatic nitrogens is 1. The van der Waals surface area contributed by atoms with E-state index in [-0.39, 0.29) is 5.91 Å². The van der Waals surface area contributed by atoms with E-state index in [4.69, 9.17) is 9.47 Å². The maximum Gasteiger partial charge on any atom is 0.263 e. The number of anilines is 1. The maximum atomic E-state index is 12.6. The van der Waals surface area contributed by atoms with Crippen LogP contribution in [-0.4, -0.2) is 43.8 Å². The number of hydrogen-bond donors (Lipinski definition) is 1. The van der Waals surface area contributed by atoms with Crippen LogP contribution in [0.5, 0.6) is 5.75 Å². The van der Waals surface area contributed by atoms with Crippen molar-refractivity contribution in [2.75, 3.05) is 37.8 Å². The molecule has 3 heterocycles. The molecule has 7 heteroatoms. The normalized spacial score (nSPS) is 16.4. The topological polar surface area (TPSA) is 63.7 Å². The lowest BCUT2D eigenvalue weighted by Crippen LogP contribution is -2.36. The second kappa shape index (κ2) is 7.01. The van der Waals surface area contributed by atoms with Crippen molar-refractivity contribution in [2.45, 2.75) is 19.9 Å². The van der Waals surface area contributed by atoms with Crippen LogP contribution in [0, 0.1) is 6.92 Å². The molecule has 132 valence electrons. The molecule has 1 amide bonds. The molecule has 0 spiro atoms. The van der Waals surface area contributed by atoms with E-state index in [0.717, 1.165) is 48.3 Å². The van der Waals surface area contributed by atoms with Crippen molar-refractivity contribution in [3.63, 3.8) is 0 Å². The van der Waals surface area contributed by atoms with Gasteiger partial charge in [-0.2, -0.15) is 0 Å². The Hall–Kier alpha value is -2.12. The van der Waals surface area contributed by atoms with Crippen molar-refractivity contribution in [1.82, 2.24) is 10.3 Å². The van der Waals surface area contributed by atoms with E-state index in [9.17, 15) is 4.79 Å². The fourth-order valence-electron chi connectivity index (χ4n) is 3.10. The number of carbonyl (C=O) groups is 1. The van der Waals surface area contributed by atoms with Gasteiger partial charge in [-0.15, -0.1) is 0 Å². The van der Waals surface area contributed by atoms with Crippen LogP contribution in [0.15, 0.2) is 18.2 Å². The molecule has 0 aliphatic carbocycles. The first kappa shape index (κ1) is 16.4. The predicted molar refractivity (Wildman–Crippen MR) is 96.7 cm³/mol. The molecule has 0 bridgehead atoms. The Morgan fingerprint density at radius 1 is 1.32 bits per heavy atom. The van der Waals surface area contributed by atoms with Crippen LogP contribution >= 0.6 is 11.3 Å². The zero-order valence-corrected chi connectivity index (χ0v) is 15.0. The third-order valence-electron chi connectivity index (χ3n) is 4.48. The third kappa shape index (κ3) is 3.48. The number of hydrogen-bond acceptors (Lipinski definition) is 6. The summed E-state index contributed by atoms with van der Waals surface area (Å²) in [5, 5.41) is 3.91. The number of aryl methyl sites for hydroxylation is 1. The summed E-state index contributed by atoms with van der Waals surface area (Å²) in [5.41, 5.74) is 3.09. The van der Waals surface area contributed by atoms with Gasteiger partial charge in [0.05, 0.1) is 25.5 Å². The largest absolute Gasteiger partial charge is 0.493 e. The van der Waals surface area contributed by atoms with E-state index in [0.29, 0.717) is 24.6 Å². The summed E-state index contributed by atoms with van der Waals surface area (Å²) >= 11 is 1.46. The number of amides is 1. The molecule has 0 saturated carbocycles. The van der Waals surface area contributed by atoms with Crippen LogP contribution in [0.1, 0.15) is 26.5 Å². The van der Waals surface area contributed by atoms with E-state index < -0.39 is 0 Å². The molecule has 1 N–H and O–H groups in total. The minimum atomic E-state index is -0.0637. The van der Waals surface area contributed by atoms with Gasteiger partial charge in [0.15, 0.2) is 5.13 Å². The molecule has 2 aliphatic heterocycles. The Bertz CT molecular complexity index is 784. The zero-order chi connectivity index (χ0) is 17.2. The van der Waals surface area contributed by atoms with Crippen molar-refractivity contribution in [3.05, 3.63) is 39.9 Å². The molecule has 1 aromatic heterocycles. The highest BCUT2D eigenvalue weighted by atomic mass is 32.1. The highest BCUT2D eigenvalue weighted by Gasteiger charge is 2.20. The maximum absolute atomic E-state index is 12.6. The molecule has 25 heavy (non-hydrogen) atoms. The molecule has 0 radical (unpaired) electrons. The lowest BCUT2D eigenvalue weighted by atomic mass is 10.1. The number of morpholine rings is 1. The second-order valence-corrected chi connectivity index (χ2v) is 7.21. The predicted octanol–water partition coefficient (Wildman–Crippen LogP) is 2.15. The Morgan fingerprint density at radius 2 is 2.16 bits per heavy atom. The van der Waals surface area contributed by atoms with Crippen LogP contribution in [0.3, 0.4) is 0 Å². The SMILES string of the molecule is Cc1nc(N2CCOCC2)sc1C(=O)NCc1ccc2c(c1)CCO2. The number of rotatable bonds is 4. The molecule has 0 unspecified atom stereocenters. The van der Waals surface area contributed by atoms with Crippen LogP contribution < -0.4 is 15.0 Å². The minimum Gasteiger partial charge on any atom is -0.493 e. The van der Waals surface area contributed by atoms with Gasteiger partial charge in [-0.05, 0) is 24.1 Å². The summed E-state index contributed by atoms with van der Waals surface area (Å²) in [6.45, 7) is 6.22. The monoisotopic (exact) mass is 359 g/mol. The van der Waals surface area contributed by atoms with Gasteiger partial charge in [-0.25, -0.2) is 4.98 Å². The van der Waals surface area contributed by atoms with Gasteiger partial charge in [0.1, 0.15) is 10.6 Å². The molecular formula is C18H21N3O3S. The molecule has 1 fully saturated rings. The van der Waals surface area contributed by atoms with E-state index in [1.165, 1.54) is 16.9 Å². The average molecular weight is 359 g/mol. The number of nitrogens with one attached hydrogen (secondary N) is 1. The van der Waals surface area contributed by atoms with Gasteiger partial charge in [0, 0.05) is 26.1 Å². The van der Waals surface area contributed by atoms with Crippen molar-refractivity contribution in [3.8, 4) is 5.75 Å². The number of benzene rings is 1. The summed E-state index contributed by atoms with van der Waals surface area (Å²) in [7, 11) is 0. The summed E-state index contributed by atoms with van der Waals surface area (Å²) in [5.74, 6) is 0.898. The van der Waals surface area contributed by atoms with Crippen LogP contribution in [0.2, 0.25) is 0 Å². The molecular weight excluding hydrogens is 338 g/mol. The number of carbonyl (C=O) groups excluding carboxylic acids is 1. The van der Waals surface area contributed by atoms with Crippen molar-refractivity contribution < 1.29 is 14.3 Å². The lowest BCUT2D eigenvalue weighted by molar-refractivity contribution is 0.0954. The van der Waals surface area contributed by atoms with Crippen LogP contribution in [-0.2, 0) is 17.7 Å². The number of thiazole rings is 1. The summed E-state index contributed by atoms with van der Waals surface area (Å²) in [4.78, 5) is 20.0. The molecule has 6 nitrogen and oxygen atoms in total. The summed E-state index contributed by atoms with van der Waals surface area (Å²) < 4.78 is 10.9. The first-order valence-corrected chi connectivity index (χ1v) is 9.35. The Morgan fingerprint density at radius 3 is 3.00 bits per heavy atom. The second-order valence-electron chi connectivity index (χ2n) is 6.23. The van der Waals surface area contributed by atoms with Crippen molar-refractivity contribution >= 4 is 22.4 Å². The van der Waals surface area contributed by atoms with Gasteiger partial charge in [-0.1, -0.05) is 23.5 Å². The van der Waals surface area contributed by atoms with Gasteiger partial charge in [0.2, 0.25) is 0 Å². The van der Waals surface area contributed by atoms with Crippen LogP contribution in [0.25, 0.3) is 0 Å². The quantitative estimate of drug-likeness (QED) is 0.906. The molecule has 0 atom stereocenters. The van der Waals surface area contributed by atoms with Crippen LogP contribution in [0.4, 0.5) is 5.13 Å². The first-order chi connectivity index (χ1) is 12.2. The molecule has 2 aromatic rings. The van der Waals surface area contributed by atoms with Gasteiger partial charge < -0.3 is 19.7 Å². The van der Waals surface area contributed by atoms with Gasteiger partial charge >= 0.3 is 0 Å². The van der Waals surface area contributed by atoms with E-state index in [1.54, 1.807) is 0 Å². The lowest BCUT2D eigenvalue weighted by Gasteiger charge is -2.25. The summed E-state index contributed by atoms with van der Waals surface area (Å²) in [6.07, 6.45) is 0.938. The fourth-order valence-corrected chi connectivity index (χ4v) is 4.13. The highest BCUT2D eigenvalue weighted by Crippen LogP contribution is 2.28. The molecule has 1 aromatic carbocycles. The van der Waals surface area contributed by atoms with E-state index in [2.05, 4.69) is 21.3 Å². The average Bonchev–Trinajstić information content (AvgIpc) is 3.26. The number of nitrogens with zero attached hydrogens (tertiary/aromatic N) is 2. The van der Waals surface area contributed by atoms with Crippen molar-refractivity contribution in [1.29, 1.82) is 0 Å². The Kier molecular flexibility index (Phi) is 4.59. The summed E-state index contributed by atoms with van der Waals surface area (Å²) in [6, 6.07) is 6.10. The standard InChI is InChI=1S/C18H21N3O3S/c1-12-16(25-18(20-12)21-5-8-23-9-6-21)17(22)19-11-13-2-3-15-14(10-13)4-7-24-15/h2-3,10H,4-9,11H2,1H3,(H,19,22). The third-order valence-corrected chi connectivity index (χ3v) is 5.70. The fraction of sp³-hybridized carbons (Fsp3) is 0.444. The molecule has 1 saturated heterocycles. The van der Waals surface area contributed by atoms with Gasteiger partial charge in [0.25, 0.3) is 5.91 Å². The number of fused-ring (bicyclic) bond motifs is 1. The Labute approximate surface area is 150 Å². The Balaban J connectivity index is 1.41. The van der Waals surface area contributed by atoms with E-state index in [1.807, 2.05) is 19.1 Å². The number of ether oxygens (including phenoxy) is 2. The molecule has 4 rings (SSSR count). The molecule has 2 aliphatic rings. The minimum absolute atomic E-state index is 0.0637. The highest BCUT2D eigenvalue weighted by molar-refractivity contribution is 7.17. The zero-order valence-electron chi connectivity index (χ0n) is 14.2. The van der Waals surface area contributed by atoms with Gasteiger partial charge in [-0.3, -0.25) is 4.79 Å².